The standard InChI is InChI=1S/C33H36N6O5S/c1-35(25-26-11-5-2-6-12-26)33(45)38(28-15-9-4-10-16-28)30(40)29(27-13-7-3-8-14-27)34-39(31(41)36-17-21-43-22-18-36)32(42)37-19-23-44-24-20-37/h2-16H,17-25H2,1H3/b34-29+. The van der Waals surface area contributed by atoms with Crippen LogP contribution in [-0.4, -0.2) is 108 Å². The zero-order valence-corrected chi connectivity index (χ0v) is 26.0. The van der Waals surface area contributed by atoms with Crippen LogP contribution in [0.1, 0.15) is 11.1 Å². The molecule has 11 nitrogen and oxygen atoms in total. The zero-order chi connectivity index (χ0) is 31.6. The summed E-state index contributed by atoms with van der Waals surface area (Å²) < 4.78 is 10.9. The van der Waals surface area contributed by atoms with Crippen molar-refractivity contribution in [3.8, 4) is 0 Å². The van der Waals surface area contributed by atoms with Crippen molar-refractivity contribution >= 4 is 46.7 Å². The van der Waals surface area contributed by atoms with Crippen LogP contribution < -0.4 is 4.90 Å². The fourth-order valence-corrected chi connectivity index (χ4v) is 5.21. The van der Waals surface area contributed by atoms with Crippen LogP contribution >= 0.6 is 12.2 Å². The molecule has 0 bridgehead atoms. The summed E-state index contributed by atoms with van der Waals surface area (Å²) in [5, 5.41) is 5.61. The first-order valence-corrected chi connectivity index (χ1v) is 15.2. The summed E-state index contributed by atoms with van der Waals surface area (Å²) in [5.74, 6) is -0.591. The summed E-state index contributed by atoms with van der Waals surface area (Å²) in [7, 11) is 1.81. The number of imide groups is 1. The number of benzene rings is 3. The maximum Gasteiger partial charge on any atom is 0.349 e. The molecule has 2 fully saturated rings. The number of rotatable bonds is 6. The van der Waals surface area contributed by atoms with E-state index in [4.69, 9.17) is 21.7 Å². The number of hydrogen-bond donors (Lipinski definition) is 0. The third-order valence-corrected chi connectivity index (χ3v) is 7.87. The second-order valence-corrected chi connectivity index (χ2v) is 10.9. The number of carbonyl (C=O) groups is 3. The van der Waals surface area contributed by atoms with Gasteiger partial charge in [-0.1, -0.05) is 78.9 Å². The lowest BCUT2D eigenvalue weighted by Crippen LogP contribution is -2.54. The zero-order valence-electron chi connectivity index (χ0n) is 25.2. The number of nitrogens with zero attached hydrogens (tertiary/aromatic N) is 6. The Labute approximate surface area is 268 Å². The van der Waals surface area contributed by atoms with Crippen molar-refractivity contribution in [2.45, 2.75) is 6.54 Å². The van der Waals surface area contributed by atoms with E-state index < -0.39 is 18.0 Å². The van der Waals surface area contributed by atoms with Crippen LogP contribution in [0.3, 0.4) is 0 Å². The fraction of sp³-hybridized carbons (Fsp3) is 0.303. The topological polar surface area (TPSA) is 98.2 Å². The van der Waals surface area contributed by atoms with Crippen LogP contribution in [0, 0.1) is 0 Å². The average Bonchev–Trinajstić information content (AvgIpc) is 3.10. The summed E-state index contributed by atoms with van der Waals surface area (Å²) in [6, 6.07) is 26.3. The van der Waals surface area contributed by atoms with Gasteiger partial charge < -0.3 is 24.2 Å². The summed E-state index contributed by atoms with van der Waals surface area (Å²) in [6.07, 6.45) is 0. The highest BCUT2D eigenvalue weighted by Crippen LogP contribution is 2.21. The predicted octanol–water partition coefficient (Wildman–Crippen LogP) is 4.05. The number of ether oxygens (including phenoxy) is 2. The molecule has 0 unspecified atom stereocenters. The SMILES string of the molecule is CN(Cc1ccccc1)C(=S)N(C(=O)/C(=N/N(C(=O)N1CCOCC1)C(=O)N1CCOCC1)c1ccccc1)c1ccccc1. The molecule has 2 saturated heterocycles. The molecule has 45 heavy (non-hydrogen) atoms. The Hall–Kier alpha value is -4.65. The highest BCUT2D eigenvalue weighted by Gasteiger charge is 2.35. The molecule has 2 heterocycles. The minimum Gasteiger partial charge on any atom is -0.378 e. The number of urea groups is 2. The molecule has 0 N–H and O–H groups in total. The van der Waals surface area contributed by atoms with E-state index >= 15 is 0 Å². The molecule has 12 heteroatoms. The molecule has 3 aromatic carbocycles. The molecule has 2 aliphatic heterocycles. The first-order chi connectivity index (χ1) is 21.9. The first-order valence-electron chi connectivity index (χ1n) is 14.8. The van der Waals surface area contributed by atoms with Crippen molar-refractivity contribution in [2.75, 3.05) is 64.6 Å². The van der Waals surface area contributed by atoms with Gasteiger partial charge in [-0.05, 0) is 29.9 Å². The second-order valence-electron chi connectivity index (χ2n) is 10.5. The van der Waals surface area contributed by atoms with E-state index in [9.17, 15) is 14.4 Å². The van der Waals surface area contributed by atoms with E-state index in [1.54, 1.807) is 41.3 Å². The molecule has 3 aromatic rings. The number of anilines is 1. The smallest absolute Gasteiger partial charge is 0.349 e. The van der Waals surface area contributed by atoms with Gasteiger partial charge >= 0.3 is 12.1 Å². The summed E-state index contributed by atoms with van der Waals surface area (Å²) in [6.45, 7) is 2.96. The molecule has 0 aliphatic carbocycles. The number of hydrogen-bond acceptors (Lipinski definition) is 7. The largest absolute Gasteiger partial charge is 0.378 e. The van der Waals surface area contributed by atoms with Crippen LogP contribution in [0.4, 0.5) is 15.3 Å². The maximum absolute atomic E-state index is 14.7. The van der Waals surface area contributed by atoms with Crippen LogP contribution in [-0.2, 0) is 20.8 Å². The molecular weight excluding hydrogens is 592 g/mol. The van der Waals surface area contributed by atoms with Gasteiger partial charge in [-0.15, -0.1) is 5.01 Å². The Morgan fingerprint density at radius 3 is 1.71 bits per heavy atom. The van der Waals surface area contributed by atoms with Gasteiger partial charge in [-0.2, -0.15) is 5.10 Å². The number of para-hydroxylation sites is 1. The van der Waals surface area contributed by atoms with Crippen LogP contribution in [0.5, 0.6) is 0 Å². The number of carbonyl (C=O) groups excluding carboxylic acids is 3. The van der Waals surface area contributed by atoms with Gasteiger partial charge in [0.15, 0.2) is 10.8 Å². The van der Waals surface area contributed by atoms with Gasteiger partial charge in [0.05, 0.1) is 32.1 Å². The van der Waals surface area contributed by atoms with Crippen molar-refractivity contribution in [2.24, 2.45) is 5.10 Å². The minimum atomic E-state index is -0.633. The molecule has 2 aliphatic rings. The first kappa shape index (κ1) is 31.8. The van der Waals surface area contributed by atoms with Crippen molar-refractivity contribution in [1.82, 2.24) is 19.7 Å². The van der Waals surface area contributed by atoms with Crippen LogP contribution in [0.15, 0.2) is 96.1 Å². The predicted molar refractivity (Wildman–Crippen MR) is 175 cm³/mol. The summed E-state index contributed by atoms with van der Waals surface area (Å²) >= 11 is 5.93. The third kappa shape index (κ3) is 7.90. The number of amides is 5. The van der Waals surface area contributed by atoms with Gasteiger partial charge in [-0.3, -0.25) is 9.69 Å². The van der Waals surface area contributed by atoms with Crippen molar-refractivity contribution < 1.29 is 23.9 Å². The minimum absolute atomic E-state index is 0.113. The number of thiocarbonyl (C=S) groups is 1. The molecule has 0 aromatic heterocycles. The van der Waals surface area contributed by atoms with E-state index in [1.165, 1.54) is 14.7 Å². The van der Waals surface area contributed by atoms with Crippen LogP contribution in [0.2, 0.25) is 0 Å². The van der Waals surface area contributed by atoms with Gasteiger partial charge in [0, 0.05) is 45.3 Å². The summed E-state index contributed by atoms with van der Waals surface area (Å²) in [5.41, 5.74) is 1.84. The Bertz CT molecular complexity index is 1470. The Balaban J connectivity index is 1.58. The molecular formula is C33H36N6O5S. The maximum atomic E-state index is 14.7. The quantitative estimate of drug-likeness (QED) is 0.231. The van der Waals surface area contributed by atoms with Crippen molar-refractivity contribution in [1.29, 1.82) is 0 Å². The Kier molecular flexibility index (Phi) is 10.9. The molecule has 5 rings (SSSR count). The molecule has 0 saturated carbocycles. The molecule has 0 atom stereocenters. The van der Waals surface area contributed by atoms with E-state index in [0.717, 1.165) is 10.6 Å². The van der Waals surface area contributed by atoms with Gasteiger partial charge in [0.1, 0.15) is 0 Å². The van der Waals surface area contributed by atoms with Crippen LogP contribution in [0.25, 0.3) is 0 Å². The van der Waals surface area contributed by atoms with E-state index in [0.29, 0.717) is 70.4 Å². The highest BCUT2D eigenvalue weighted by molar-refractivity contribution is 7.80. The van der Waals surface area contributed by atoms with Gasteiger partial charge in [-0.25, -0.2) is 9.59 Å². The number of hydrazone groups is 1. The second kappa shape index (κ2) is 15.4. The molecule has 0 radical (unpaired) electrons. The van der Waals surface area contributed by atoms with Gasteiger partial charge in [0.2, 0.25) is 0 Å². The Morgan fingerprint density at radius 2 is 1.20 bits per heavy atom. The normalized spacial score (nSPS) is 15.3. The lowest BCUT2D eigenvalue weighted by Gasteiger charge is -2.34. The lowest BCUT2D eigenvalue weighted by molar-refractivity contribution is -0.111. The molecule has 0 spiro atoms. The lowest BCUT2D eigenvalue weighted by atomic mass is 10.1. The average molecular weight is 629 g/mol. The van der Waals surface area contributed by atoms with E-state index in [1.807, 2.05) is 61.6 Å². The Morgan fingerprint density at radius 1 is 0.733 bits per heavy atom. The fourth-order valence-electron chi connectivity index (χ4n) is 4.96. The van der Waals surface area contributed by atoms with Crippen molar-refractivity contribution in [3.05, 3.63) is 102 Å². The highest BCUT2D eigenvalue weighted by atomic mass is 32.1. The van der Waals surface area contributed by atoms with E-state index in [-0.39, 0.29) is 10.8 Å². The number of morpholine rings is 2. The molecule has 5 amide bonds. The molecule has 234 valence electrons. The van der Waals surface area contributed by atoms with Crippen molar-refractivity contribution in [3.63, 3.8) is 0 Å². The third-order valence-electron chi connectivity index (χ3n) is 7.37. The van der Waals surface area contributed by atoms with E-state index in [2.05, 4.69) is 5.10 Å². The van der Waals surface area contributed by atoms with Gasteiger partial charge in [0.25, 0.3) is 5.91 Å². The monoisotopic (exact) mass is 628 g/mol. The summed E-state index contributed by atoms with van der Waals surface area (Å²) in [4.78, 5) is 48.8.